The second-order valence-electron chi connectivity index (χ2n) is 3.48. The molecule has 0 saturated heterocycles. The fourth-order valence-corrected chi connectivity index (χ4v) is 1.17. The summed E-state index contributed by atoms with van der Waals surface area (Å²) in [5.41, 5.74) is 0. The van der Waals surface area contributed by atoms with Crippen LogP contribution in [0.15, 0.2) is 12.7 Å². The summed E-state index contributed by atoms with van der Waals surface area (Å²) in [5.74, 6) is 0.865. The standard InChI is InChI=1S/C11H23N/c1-5-9-12(7-3)10-8-11(4)6-2/h5,11H,1,6-10H2,2-4H3. The van der Waals surface area contributed by atoms with Crippen LogP contribution in [0.3, 0.4) is 0 Å². The molecule has 12 heavy (non-hydrogen) atoms. The maximum atomic E-state index is 3.75. The van der Waals surface area contributed by atoms with Gasteiger partial charge in [-0.1, -0.05) is 33.3 Å². The van der Waals surface area contributed by atoms with Crippen LogP contribution in [0.25, 0.3) is 0 Å². The highest BCUT2D eigenvalue weighted by Crippen LogP contribution is 2.07. The van der Waals surface area contributed by atoms with E-state index >= 15 is 0 Å². The van der Waals surface area contributed by atoms with Crippen molar-refractivity contribution in [3.63, 3.8) is 0 Å². The third-order valence-electron chi connectivity index (χ3n) is 2.47. The molecule has 1 atom stereocenters. The molecule has 0 N–H and O–H groups in total. The van der Waals surface area contributed by atoms with Gasteiger partial charge in [0.1, 0.15) is 0 Å². The minimum absolute atomic E-state index is 0.865. The Morgan fingerprint density at radius 1 is 1.42 bits per heavy atom. The van der Waals surface area contributed by atoms with E-state index < -0.39 is 0 Å². The molecule has 1 nitrogen and oxygen atoms in total. The molecule has 0 saturated carbocycles. The minimum atomic E-state index is 0.865. The van der Waals surface area contributed by atoms with Gasteiger partial charge in [-0.3, -0.25) is 4.90 Å². The van der Waals surface area contributed by atoms with Crippen LogP contribution in [0.4, 0.5) is 0 Å². The largest absolute Gasteiger partial charge is 0.300 e. The van der Waals surface area contributed by atoms with Gasteiger partial charge in [0, 0.05) is 6.54 Å². The Bertz CT molecular complexity index is 110. The second-order valence-corrected chi connectivity index (χ2v) is 3.48. The van der Waals surface area contributed by atoms with E-state index in [1.54, 1.807) is 0 Å². The summed E-state index contributed by atoms with van der Waals surface area (Å²) >= 11 is 0. The van der Waals surface area contributed by atoms with Crippen LogP contribution in [0.1, 0.15) is 33.6 Å². The van der Waals surface area contributed by atoms with E-state index in [0.29, 0.717) is 0 Å². The van der Waals surface area contributed by atoms with E-state index in [4.69, 9.17) is 0 Å². The van der Waals surface area contributed by atoms with Gasteiger partial charge in [0.2, 0.25) is 0 Å². The first-order valence-corrected chi connectivity index (χ1v) is 5.07. The van der Waals surface area contributed by atoms with Crippen molar-refractivity contribution in [3.8, 4) is 0 Å². The van der Waals surface area contributed by atoms with Crippen LogP contribution in [-0.2, 0) is 0 Å². The van der Waals surface area contributed by atoms with Crippen molar-refractivity contribution < 1.29 is 0 Å². The van der Waals surface area contributed by atoms with E-state index in [2.05, 4.69) is 32.3 Å². The molecular weight excluding hydrogens is 146 g/mol. The lowest BCUT2D eigenvalue weighted by Gasteiger charge is -2.19. The van der Waals surface area contributed by atoms with E-state index in [1.165, 1.54) is 19.4 Å². The van der Waals surface area contributed by atoms with Gasteiger partial charge < -0.3 is 0 Å². The van der Waals surface area contributed by atoms with Gasteiger partial charge in [-0.2, -0.15) is 0 Å². The topological polar surface area (TPSA) is 3.24 Å². The molecule has 0 aromatic heterocycles. The highest BCUT2D eigenvalue weighted by molar-refractivity contribution is 4.72. The molecule has 0 aromatic rings. The van der Waals surface area contributed by atoms with Crippen molar-refractivity contribution in [1.29, 1.82) is 0 Å². The van der Waals surface area contributed by atoms with Crippen LogP contribution in [0, 0.1) is 5.92 Å². The number of likely N-dealkylation sites (N-methyl/N-ethyl adjacent to an activating group) is 1. The Balaban J connectivity index is 3.49. The molecule has 0 spiro atoms. The summed E-state index contributed by atoms with van der Waals surface area (Å²) in [4.78, 5) is 2.43. The molecule has 0 aliphatic heterocycles. The SMILES string of the molecule is C=CCN(CC)CCC(C)CC. The van der Waals surface area contributed by atoms with Gasteiger partial charge in [-0.05, 0) is 25.4 Å². The van der Waals surface area contributed by atoms with Crippen LogP contribution in [0.2, 0.25) is 0 Å². The fraction of sp³-hybridized carbons (Fsp3) is 0.818. The van der Waals surface area contributed by atoms with Gasteiger partial charge in [-0.15, -0.1) is 6.58 Å². The van der Waals surface area contributed by atoms with Gasteiger partial charge in [0.25, 0.3) is 0 Å². The number of rotatable bonds is 7. The molecule has 0 heterocycles. The van der Waals surface area contributed by atoms with Crippen LogP contribution in [-0.4, -0.2) is 24.5 Å². The van der Waals surface area contributed by atoms with Crippen molar-refractivity contribution in [3.05, 3.63) is 12.7 Å². The summed E-state index contributed by atoms with van der Waals surface area (Å²) in [6.45, 7) is 13.9. The zero-order valence-corrected chi connectivity index (χ0v) is 8.84. The summed E-state index contributed by atoms with van der Waals surface area (Å²) in [6.07, 6.45) is 4.60. The third kappa shape index (κ3) is 5.36. The third-order valence-corrected chi connectivity index (χ3v) is 2.47. The molecule has 72 valence electrons. The van der Waals surface area contributed by atoms with Crippen molar-refractivity contribution in [2.45, 2.75) is 33.6 Å². The van der Waals surface area contributed by atoms with Crippen molar-refractivity contribution >= 4 is 0 Å². The van der Waals surface area contributed by atoms with Gasteiger partial charge >= 0.3 is 0 Å². The lowest BCUT2D eigenvalue weighted by atomic mass is 10.1. The Kier molecular flexibility index (Phi) is 7.17. The Labute approximate surface area is 77.5 Å². The molecule has 0 aromatic carbocycles. The van der Waals surface area contributed by atoms with E-state index in [0.717, 1.165) is 19.0 Å². The zero-order chi connectivity index (χ0) is 9.40. The van der Waals surface area contributed by atoms with Crippen molar-refractivity contribution in [1.82, 2.24) is 4.90 Å². The summed E-state index contributed by atoms with van der Waals surface area (Å²) in [6, 6.07) is 0. The number of nitrogens with zero attached hydrogens (tertiary/aromatic N) is 1. The first-order chi connectivity index (χ1) is 5.74. The summed E-state index contributed by atoms with van der Waals surface area (Å²) in [5, 5.41) is 0. The minimum Gasteiger partial charge on any atom is -0.300 e. The molecule has 0 radical (unpaired) electrons. The zero-order valence-electron chi connectivity index (χ0n) is 8.84. The first-order valence-electron chi connectivity index (χ1n) is 5.07. The molecule has 0 aliphatic rings. The van der Waals surface area contributed by atoms with Crippen LogP contribution >= 0.6 is 0 Å². The molecule has 0 aliphatic carbocycles. The number of hydrogen-bond acceptors (Lipinski definition) is 1. The maximum Gasteiger partial charge on any atom is 0.0160 e. The van der Waals surface area contributed by atoms with Gasteiger partial charge in [0.05, 0.1) is 0 Å². The predicted molar refractivity (Wildman–Crippen MR) is 56.4 cm³/mol. The normalized spacial score (nSPS) is 13.3. The maximum absolute atomic E-state index is 3.75. The quantitative estimate of drug-likeness (QED) is 0.530. The average molecular weight is 169 g/mol. The molecule has 1 heteroatoms. The summed E-state index contributed by atoms with van der Waals surface area (Å²) < 4.78 is 0. The number of hydrogen-bond donors (Lipinski definition) is 0. The monoisotopic (exact) mass is 169 g/mol. The summed E-state index contributed by atoms with van der Waals surface area (Å²) in [7, 11) is 0. The van der Waals surface area contributed by atoms with E-state index in [9.17, 15) is 0 Å². The molecule has 0 amide bonds. The van der Waals surface area contributed by atoms with Gasteiger partial charge in [-0.25, -0.2) is 0 Å². The van der Waals surface area contributed by atoms with Gasteiger partial charge in [0.15, 0.2) is 0 Å². The molecular formula is C11H23N. The molecule has 0 bridgehead atoms. The molecule has 1 unspecified atom stereocenters. The Morgan fingerprint density at radius 2 is 2.08 bits per heavy atom. The predicted octanol–water partition coefficient (Wildman–Crippen LogP) is 2.93. The highest BCUT2D eigenvalue weighted by Gasteiger charge is 2.02. The first kappa shape index (κ1) is 11.7. The van der Waals surface area contributed by atoms with E-state index in [-0.39, 0.29) is 0 Å². The lowest BCUT2D eigenvalue weighted by molar-refractivity contribution is 0.290. The molecule has 0 rings (SSSR count). The molecule has 0 fully saturated rings. The Morgan fingerprint density at radius 3 is 2.50 bits per heavy atom. The van der Waals surface area contributed by atoms with Crippen LogP contribution < -0.4 is 0 Å². The van der Waals surface area contributed by atoms with Crippen molar-refractivity contribution in [2.75, 3.05) is 19.6 Å². The second kappa shape index (κ2) is 7.35. The Hall–Kier alpha value is -0.300. The lowest BCUT2D eigenvalue weighted by Crippen LogP contribution is -2.25. The average Bonchev–Trinajstić information content (AvgIpc) is 2.11. The van der Waals surface area contributed by atoms with Crippen LogP contribution in [0.5, 0.6) is 0 Å². The van der Waals surface area contributed by atoms with E-state index in [1.807, 2.05) is 6.08 Å². The van der Waals surface area contributed by atoms with Crippen molar-refractivity contribution in [2.24, 2.45) is 5.92 Å². The highest BCUT2D eigenvalue weighted by atomic mass is 15.1. The smallest absolute Gasteiger partial charge is 0.0160 e. The fourth-order valence-electron chi connectivity index (χ4n) is 1.17.